The zero-order chi connectivity index (χ0) is 14.8. The zero-order valence-corrected chi connectivity index (χ0v) is 15.5. The lowest BCUT2D eigenvalue weighted by Crippen LogP contribution is -2.25. The van der Waals surface area contributed by atoms with Gasteiger partial charge >= 0.3 is 0 Å². The predicted octanol–water partition coefficient (Wildman–Crippen LogP) is 5.32. The molecule has 1 unspecified atom stereocenters. The number of hydrogen-bond donors (Lipinski definition) is 0. The van der Waals surface area contributed by atoms with Gasteiger partial charge in [0, 0.05) is 5.33 Å². The van der Waals surface area contributed by atoms with Crippen molar-refractivity contribution >= 4 is 31.9 Å². The Morgan fingerprint density at radius 3 is 2.40 bits per heavy atom. The van der Waals surface area contributed by atoms with Crippen molar-refractivity contribution in [1.29, 1.82) is 0 Å². The SMILES string of the molecule is CCCCC[C@H](OCc1ccc(OC)cc1)C(Br)CBr. The molecule has 0 spiro atoms. The number of rotatable bonds is 10. The van der Waals surface area contributed by atoms with Gasteiger partial charge in [-0.25, -0.2) is 0 Å². The summed E-state index contributed by atoms with van der Waals surface area (Å²) in [6, 6.07) is 8.06. The van der Waals surface area contributed by atoms with Gasteiger partial charge < -0.3 is 9.47 Å². The lowest BCUT2D eigenvalue weighted by atomic mass is 10.1. The fourth-order valence-corrected chi connectivity index (χ4v) is 2.82. The average molecular weight is 408 g/mol. The fourth-order valence-electron chi connectivity index (χ4n) is 1.99. The van der Waals surface area contributed by atoms with Crippen LogP contribution in [0.15, 0.2) is 24.3 Å². The maximum Gasteiger partial charge on any atom is 0.118 e. The summed E-state index contributed by atoms with van der Waals surface area (Å²) in [6.45, 7) is 2.87. The molecule has 0 aliphatic carbocycles. The number of methoxy groups -OCH3 is 1. The number of halogens is 2. The van der Waals surface area contributed by atoms with Crippen LogP contribution in [0.4, 0.5) is 0 Å². The molecule has 2 atom stereocenters. The van der Waals surface area contributed by atoms with Crippen molar-refractivity contribution in [3.8, 4) is 5.75 Å². The molecule has 20 heavy (non-hydrogen) atoms. The highest BCUT2D eigenvalue weighted by atomic mass is 79.9. The molecule has 0 saturated carbocycles. The molecule has 2 nitrogen and oxygen atoms in total. The van der Waals surface area contributed by atoms with Gasteiger partial charge in [0.15, 0.2) is 0 Å². The van der Waals surface area contributed by atoms with E-state index in [1.54, 1.807) is 7.11 Å². The smallest absolute Gasteiger partial charge is 0.118 e. The minimum Gasteiger partial charge on any atom is -0.497 e. The summed E-state index contributed by atoms with van der Waals surface area (Å²) < 4.78 is 11.2. The van der Waals surface area contributed by atoms with Crippen LogP contribution >= 0.6 is 31.9 Å². The highest BCUT2D eigenvalue weighted by Crippen LogP contribution is 2.20. The van der Waals surface area contributed by atoms with Gasteiger partial charge in [0.25, 0.3) is 0 Å². The summed E-state index contributed by atoms with van der Waals surface area (Å²) in [5.74, 6) is 0.882. The second kappa shape index (κ2) is 10.6. The Hall–Kier alpha value is -0.0600. The van der Waals surface area contributed by atoms with E-state index in [2.05, 4.69) is 50.9 Å². The van der Waals surface area contributed by atoms with Gasteiger partial charge in [-0.2, -0.15) is 0 Å². The van der Waals surface area contributed by atoms with E-state index < -0.39 is 0 Å². The van der Waals surface area contributed by atoms with E-state index in [1.165, 1.54) is 24.8 Å². The van der Waals surface area contributed by atoms with Gasteiger partial charge in [0.05, 0.1) is 24.6 Å². The van der Waals surface area contributed by atoms with E-state index in [9.17, 15) is 0 Å². The highest BCUT2D eigenvalue weighted by molar-refractivity contribution is 9.12. The molecule has 0 bridgehead atoms. The summed E-state index contributed by atoms with van der Waals surface area (Å²) in [5.41, 5.74) is 1.18. The molecule has 0 aliphatic heterocycles. The molecule has 0 radical (unpaired) electrons. The first-order chi connectivity index (χ1) is 9.71. The maximum absolute atomic E-state index is 6.08. The lowest BCUT2D eigenvalue weighted by Gasteiger charge is -2.22. The van der Waals surface area contributed by atoms with Gasteiger partial charge in [-0.05, 0) is 24.1 Å². The molecule has 0 N–H and O–H groups in total. The Kier molecular flexibility index (Phi) is 9.57. The van der Waals surface area contributed by atoms with Gasteiger partial charge in [0.1, 0.15) is 5.75 Å². The molecule has 0 fully saturated rings. The minimum absolute atomic E-state index is 0.253. The first-order valence-corrected chi connectivity index (χ1v) is 9.19. The maximum atomic E-state index is 6.08. The fraction of sp³-hybridized carbons (Fsp3) is 0.625. The molecule has 1 rings (SSSR count). The third-order valence-electron chi connectivity index (χ3n) is 3.27. The zero-order valence-electron chi connectivity index (χ0n) is 12.3. The Morgan fingerprint density at radius 2 is 1.85 bits per heavy atom. The summed E-state index contributed by atoms with van der Waals surface area (Å²) in [4.78, 5) is 0.359. The normalized spacial score (nSPS) is 14.0. The third kappa shape index (κ3) is 6.59. The predicted molar refractivity (Wildman–Crippen MR) is 92.2 cm³/mol. The molecule has 0 aliphatic rings. The van der Waals surface area contributed by atoms with Crippen LogP contribution in [-0.2, 0) is 11.3 Å². The van der Waals surface area contributed by atoms with E-state index in [4.69, 9.17) is 9.47 Å². The van der Waals surface area contributed by atoms with Crippen molar-refractivity contribution in [3.63, 3.8) is 0 Å². The van der Waals surface area contributed by atoms with Crippen molar-refractivity contribution in [2.75, 3.05) is 12.4 Å². The molecule has 114 valence electrons. The number of ether oxygens (including phenoxy) is 2. The van der Waals surface area contributed by atoms with Crippen molar-refractivity contribution in [3.05, 3.63) is 29.8 Å². The summed E-state index contributed by atoms with van der Waals surface area (Å²) in [5, 5.41) is 0.909. The van der Waals surface area contributed by atoms with Crippen LogP contribution in [0.25, 0.3) is 0 Å². The van der Waals surface area contributed by atoms with Crippen LogP contribution < -0.4 is 4.74 Å². The molecule has 0 heterocycles. The second-order valence-corrected chi connectivity index (χ2v) is 6.69. The van der Waals surface area contributed by atoms with Crippen LogP contribution in [0, 0.1) is 0 Å². The summed E-state index contributed by atoms with van der Waals surface area (Å²) >= 11 is 7.23. The van der Waals surface area contributed by atoms with Gasteiger partial charge in [0.2, 0.25) is 0 Å². The van der Waals surface area contributed by atoms with E-state index in [1.807, 2.05) is 12.1 Å². The molecular formula is C16H24Br2O2. The molecule has 0 aromatic heterocycles. The Labute approximate surface area is 139 Å². The summed E-state index contributed by atoms with van der Waals surface area (Å²) in [6.07, 6.45) is 5.09. The van der Waals surface area contributed by atoms with Gasteiger partial charge in [-0.1, -0.05) is 70.2 Å². The van der Waals surface area contributed by atoms with Crippen LogP contribution in [0.1, 0.15) is 38.2 Å². The molecule has 1 aromatic carbocycles. The summed E-state index contributed by atoms with van der Waals surface area (Å²) in [7, 11) is 1.68. The Morgan fingerprint density at radius 1 is 1.15 bits per heavy atom. The van der Waals surface area contributed by atoms with Gasteiger partial charge in [-0.3, -0.25) is 0 Å². The largest absolute Gasteiger partial charge is 0.497 e. The van der Waals surface area contributed by atoms with Crippen LogP contribution in [0.2, 0.25) is 0 Å². The number of alkyl halides is 2. The number of unbranched alkanes of at least 4 members (excludes halogenated alkanes) is 2. The van der Waals surface area contributed by atoms with Crippen LogP contribution in [0.3, 0.4) is 0 Å². The van der Waals surface area contributed by atoms with E-state index >= 15 is 0 Å². The quantitative estimate of drug-likeness (QED) is 0.386. The standard InChI is InChI=1S/C16H24Br2O2/c1-3-4-5-6-16(15(18)11-17)20-12-13-7-9-14(19-2)10-8-13/h7-10,15-16H,3-6,11-12H2,1-2H3/t15?,16-/m0/s1. The van der Waals surface area contributed by atoms with E-state index in [0.717, 1.165) is 17.5 Å². The van der Waals surface area contributed by atoms with Gasteiger partial charge in [-0.15, -0.1) is 0 Å². The Bertz CT molecular complexity index is 354. The monoisotopic (exact) mass is 406 g/mol. The molecule has 0 amide bonds. The van der Waals surface area contributed by atoms with E-state index in [-0.39, 0.29) is 6.10 Å². The van der Waals surface area contributed by atoms with Crippen molar-refractivity contribution < 1.29 is 9.47 Å². The highest BCUT2D eigenvalue weighted by Gasteiger charge is 2.18. The van der Waals surface area contributed by atoms with Crippen LogP contribution in [-0.4, -0.2) is 23.4 Å². The molecular weight excluding hydrogens is 384 g/mol. The third-order valence-corrected chi connectivity index (χ3v) is 5.75. The number of hydrogen-bond acceptors (Lipinski definition) is 2. The molecule has 0 saturated heterocycles. The number of benzene rings is 1. The van der Waals surface area contributed by atoms with Crippen molar-refractivity contribution in [2.45, 2.75) is 50.1 Å². The van der Waals surface area contributed by atoms with E-state index in [0.29, 0.717) is 11.4 Å². The minimum atomic E-state index is 0.253. The molecule has 1 aromatic rings. The van der Waals surface area contributed by atoms with Crippen molar-refractivity contribution in [2.24, 2.45) is 0 Å². The first kappa shape index (κ1) is 18.0. The van der Waals surface area contributed by atoms with Crippen molar-refractivity contribution in [1.82, 2.24) is 0 Å². The topological polar surface area (TPSA) is 18.5 Å². The Balaban J connectivity index is 2.46. The first-order valence-electron chi connectivity index (χ1n) is 7.15. The second-order valence-electron chi connectivity index (χ2n) is 4.86. The van der Waals surface area contributed by atoms with Crippen LogP contribution in [0.5, 0.6) is 5.75 Å². The lowest BCUT2D eigenvalue weighted by molar-refractivity contribution is 0.0367. The average Bonchev–Trinajstić information content (AvgIpc) is 2.50. The molecule has 4 heteroatoms.